The van der Waals surface area contributed by atoms with Crippen LogP contribution in [0.1, 0.15) is 206 Å². The van der Waals surface area contributed by atoms with Gasteiger partial charge in [-0.05, 0) is 64.2 Å². The Morgan fingerprint density at radius 1 is 0.500 bits per heavy atom. The molecule has 2 atom stereocenters. The number of phosphoric ester groups is 1. The molecule has 0 aromatic carbocycles. The van der Waals surface area contributed by atoms with E-state index in [-0.39, 0.29) is 38.8 Å². The van der Waals surface area contributed by atoms with Crippen LogP contribution >= 0.6 is 7.82 Å². The van der Waals surface area contributed by atoms with Crippen LogP contribution in [-0.4, -0.2) is 49.9 Å². The quantitative estimate of drug-likeness (QED) is 0.0269. The van der Waals surface area contributed by atoms with E-state index in [1.165, 1.54) is 116 Å². The topological polar surface area (TPSA) is 117 Å². The summed E-state index contributed by atoms with van der Waals surface area (Å²) in [5.41, 5.74) is 5.38. The predicted octanol–water partition coefficient (Wildman–Crippen LogP) is 15.6. The van der Waals surface area contributed by atoms with Crippen LogP contribution in [0.25, 0.3) is 0 Å². The first kappa shape index (κ1) is 59.7. The smallest absolute Gasteiger partial charge is 0.457 e. The van der Waals surface area contributed by atoms with Gasteiger partial charge in [0.25, 0.3) is 0 Å². The summed E-state index contributed by atoms with van der Waals surface area (Å²) in [6.07, 6.45) is 64.8. The van der Waals surface area contributed by atoms with E-state index in [0.717, 1.165) is 64.2 Å². The largest absolute Gasteiger partial charge is 0.472 e. The number of ether oxygens (including phenoxy) is 2. The molecular weight excluding hydrogens is 794 g/mol. The van der Waals surface area contributed by atoms with Crippen LogP contribution in [0.3, 0.4) is 0 Å². The highest BCUT2D eigenvalue weighted by atomic mass is 31.2. The maximum atomic E-state index is 12.6. The second-order valence-corrected chi connectivity index (χ2v) is 17.8. The summed E-state index contributed by atoms with van der Waals surface area (Å²) in [4.78, 5) is 22.6. The summed E-state index contributed by atoms with van der Waals surface area (Å²) >= 11 is 0. The molecule has 358 valence electrons. The number of allylic oxidation sites excluding steroid dienone is 14. The minimum atomic E-state index is -4.30. The van der Waals surface area contributed by atoms with Crippen molar-refractivity contribution in [3.63, 3.8) is 0 Å². The zero-order valence-corrected chi connectivity index (χ0v) is 40.7. The van der Waals surface area contributed by atoms with E-state index in [9.17, 15) is 14.3 Å². The minimum Gasteiger partial charge on any atom is -0.457 e. The molecule has 0 aromatic rings. The molecule has 9 heteroatoms. The van der Waals surface area contributed by atoms with Gasteiger partial charge in [-0.15, -0.1) is 0 Å². The first-order chi connectivity index (χ1) is 30.4. The lowest BCUT2D eigenvalue weighted by Crippen LogP contribution is -2.28. The van der Waals surface area contributed by atoms with E-state index in [0.29, 0.717) is 13.0 Å². The molecule has 0 saturated heterocycles. The third kappa shape index (κ3) is 48.7. The molecule has 0 aliphatic carbocycles. The van der Waals surface area contributed by atoms with Crippen LogP contribution in [0.15, 0.2) is 85.1 Å². The monoisotopic (exact) mass is 888 g/mol. The zero-order valence-electron chi connectivity index (χ0n) is 39.8. The minimum absolute atomic E-state index is 0.0880. The molecule has 0 heterocycles. The number of nitrogens with two attached hydrogens (primary N) is 1. The Kier molecular flexibility index (Phi) is 47.8. The van der Waals surface area contributed by atoms with Crippen molar-refractivity contribution >= 4 is 13.8 Å². The molecule has 2 unspecified atom stereocenters. The van der Waals surface area contributed by atoms with E-state index in [2.05, 4.69) is 98.9 Å². The second-order valence-electron chi connectivity index (χ2n) is 16.3. The fraction of sp³-hybridized carbons (Fsp3) is 0.717. The Labute approximate surface area is 381 Å². The molecule has 62 heavy (non-hydrogen) atoms. The summed E-state index contributed by atoms with van der Waals surface area (Å²) in [5, 5.41) is 0. The Bertz CT molecular complexity index is 1220. The standard InChI is InChI=1S/C53H94NO7P/c1-3-5-7-9-11-13-15-17-19-21-23-25-26-27-28-30-32-34-36-38-40-42-44-46-53(55)61-52(51-60-62(56,57)59-49-47-54)50-58-48-45-43-41-39-37-35-33-31-29-24-22-20-18-16-14-12-10-8-6-4-2/h5,7,11,13,17,19,23,25,27-28,32,34,38,40,52H,3-4,6,8-10,12,14-16,18,20-22,24,26,29-31,33,35-37,39,41-51,54H2,1-2H3,(H,56,57)/b7-5-,13-11-,19-17-,25-23-,28-27-,34-32-,40-38-. The van der Waals surface area contributed by atoms with Gasteiger partial charge < -0.3 is 20.1 Å². The van der Waals surface area contributed by atoms with Crippen LogP contribution in [0.4, 0.5) is 0 Å². The molecule has 3 N–H and O–H groups in total. The fourth-order valence-corrected chi connectivity index (χ4v) is 7.46. The molecule has 0 saturated carbocycles. The van der Waals surface area contributed by atoms with Gasteiger partial charge in [0, 0.05) is 19.6 Å². The number of carbonyl (C=O) groups is 1. The molecule has 0 aliphatic heterocycles. The van der Waals surface area contributed by atoms with Crippen molar-refractivity contribution in [3.8, 4) is 0 Å². The van der Waals surface area contributed by atoms with Gasteiger partial charge in [-0.3, -0.25) is 13.8 Å². The van der Waals surface area contributed by atoms with Crippen molar-refractivity contribution < 1.29 is 32.8 Å². The normalized spacial score (nSPS) is 14.1. The Balaban J connectivity index is 4.08. The van der Waals surface area contributed by atoms with Crippen molar-refractivity contribution in [1.82, 2.24) is 0 Å². The Hall–Kier alpha value is -2.32. The van der Waals surface area contributed by atoms with Crippen molar-refractivity contribution in [2.24, 2.45) is 5.73 Å². The lowest BCUT2D eigenvalue weighted by atomic mass is 10.0. The van der Waals surface area contributed by atoms with Gasteiger partial charge in [-0.25, -0.2) is 4.57 Å². The first-order valence-corrected chi connectivity index (χ1v) is 26.6. The predicted molar refractivity (Wildman–Crippen MR) is 265 cm³/mol. The molecular formula is C53H94NO7P. The highest BCUT2D eigenvalue weighted by Crippen LogP contribution is 2.43. The van der Waals surface area contributed by atoms with E-state index >= 15 is 0 Å². The van der Waals surface area contributed by atoms with Crippen molar-refractivity contribution in [1.29, 1.82) is 0 Å². The summed E-state index contributed by atoms with van der Waals surface area (Å²) < 4.78 is 33.5. The van der Waals surface area contributed by atoms with Gasteiger partial charge in [-0.1, -0.05) is 221 Å². The van der Waals surface area contributed by atoms with Crippen LogP contribution in [0, 0.1) is 0 Å². The maximum Gasteiger partial charge on any atom is 0.472 e. The van der Waals surface area contributed by atoms with Crippen molar-refractivity contribution in [2.45, 2.75) is 213 Å². The summed E-state index contributed by atoms with van der Waals surface area (Å²) in [6.45, 7) is 4.74. The highest BCUT2D eigenvalue weighted by Gasteiger charge is 2.25. The van der Waals surface area contributed by atoms with Crippen LogP contribution in [0.5, 0.6) is 0 Å². The third-order valence-electron chi connectivity index (χ3n) is 10.3. The maximum absolute atomic E-state index is 12.6. The average Bonchev–Trinajstić information content (AvgIpc) is 3.26. The van der Waals surface area contributed by atoms with Crippen LogP contribution in [-0.2, 0) is 27.9 Å². The molecule has 0 bridgehead atoms. The van der Waals surface area contributed by atoms with Crippen LogP contribution in [0.2, 0.25) is 0 Å². The van der Waals surface area contributed by atoms with E-state index in [1.54, 1.807) is 0 Å². The number of carbonyl (C=O) groups excluding carboxylic acids is 1. The van der Waals surface area contributed by atoms with Gasteiger partial charge in [-0.2, -0.15) is 0 Å². The zero-order chi connectivity index (χ0) is 45.1. The molecule has 8 nitrogen and oxygen atoms in total. The Morgan fingerprint density at radius 2 is 0.887 bits per heavy atom. The summed E-state index contributed by atoms with van der Waals surface area (Å²) in [7, 11) is -4.30. The molecule has 0 rings (SSSR count). The SMILES string of the molecule is CC/C=C\C/C=C\C/C=C\C/C=C\C/C=C\C/C=C\C/C=C\CCCC(=O)OC(COCCCCCCCCCCCCCCCCCCCCCC)COP(=O)(O)OCCN. The number of unbranched alkanes of at least 4 members (excludes halogenated alkanes) is 20. The van der Waals surface area contributed by atoms with E-state index in [4.69, 9.17) is 24.3 Å². The third-order valence-corrected chi connectivity index (χ3v) is 11.3. The number of hydrogen-bond acceptors (Lipinski definition) is 7. The molecule has 0 amide bonds. The molecule has 0 spiro atoms. The highest BCUT2D eigenvalue weighted by molar-refractivity contribution is 7.47. The molecule has 0 fully saturated rings. The van der Waals surface area contributed by atoms with Gasteiger partial charge in [0.05, 0.1) is 19.8 Å². The fourth-order valence-electron chi connectivity index (χ4n) is 6.69. The lowest BCUT2D eigenvalue weighted by Gasteiger charge is -2.20. The number of rotatable bonds is 47. The second kappa shape index (κ2) is 49.7. The first-order valence-electron chi connectivity index (χ1n) is 25.1. The van der Waals surface area contributed by atoms with Crippen LogP contribution < -0.4 is 5.73 Å². The van der Waals surface area contributed by atoms with Gasteiger partial charge in [0.2, 0.25) is 0 Å². The molecule has 0 aliphatic rings. The molecule has 0 radical (unpaired) electrons. The Morgan fingerprint density at radius 3 is 1.29 bits per heavy atom. The average molecular weight is 888 g/mol. The van der Waals surface area contributed by atoms with Gasteiger partial charge in [0.1, 0.15) is 6.10 Å². The number of esters is 1. The van der Waals surface area contributed by atoms with E-state index in [1.807, 2.05) is 0 Å². The summed E-state index contributed by atoms with van der Waals surface area (Å²) in [6, 6.07) is 0. The van der Waals surface area contributed by atoms with Gasteiger partial charge in [0.15, 0.2) is 0 Å². The van der Waals surface area contributed by atoms with Crippen molar-refractivity contribution in [3.05, 3.63) is 85.1 Å². The number of phosphoric acid groups is 1. The van der Waals surface area contributed by atoms with E-state index < -0.39 is 13.9 Å². The molecule has 0 aromatic heterocycles. The van der Waals surface area contributed by atoms with Crippen molar-refractivity contribution in [2.75, 3.05) is 33.0 Å². The lowest BCUT2D eigenvalue weighted by molar-refractivity contribution is -0.154. The number of hydrogen-bond donors (Lipinski definition) is 2. The van der Waals surface area contributed by atoms with Gasteiger partial charge >= 0.3 is 13.8 Å². The summed E-state index contributed by atoms with van der Waals surface area (Å²) in [5.74, 6) is -0.387.